The summed E-state index contributed by atoms with van der Waals surface area (Å²) in [6.07, 6.45) is 0. The number of carbonyl (C=O) groups excluding carboxylic acids is 2. The maximum atomic E-state index is 12.7. The molecule has 31 heavy (non-hydrogen) atoms. The lowest BCUT2D eigenvalue weighted by molar-refractivity contribution is -0.115. The van der Waals surface area contributed by atoms with Gasteiger partial charge in [0.25, 0.3) is 5.91 Å². The van der Waals surface area contributed by atoms with Crippen LogP contribution in [-0.2, 0) is 21.4 Å². The third-order valence-corrected chi connectivity index (χ3v) is 5.75. The Morgan fingerprint density at radius 1 is 0.839 bits per heavy atom. The van der Waals surface area contributed by atoms with E-state index in [0.717, 1.165) is 5.56 Å². The molecular weight excluding hydrogens is 418 g/mol. The summed E-state index contributed by atoms with van der Waals surface area (Å²) >= 11 is 0. The highest BCUT2D eigenvalue weighted by atomic mass is 32.2. The van der Waals surface area contributed by atoms with Gasteiger partial charge in [0.1, 0.15) is 5.75 Å². The van der Waals surface area contributed by atoms with Crippen LogP contribution in [0.25, 0.3) is 0 Å². The van der Waals surface area contributed by atoms with Crippen LogP contribution in [0, 0.1) is 0 Å². The number of phenolic OH excluding ortho intramolecular Hbond substituents is 1. The van der Waals surface area contributed by atoms with E-state index in [2.05, 4.69) is 15.4 Å². The number of phenols is 1. The minimum Gasteiger partial charge on any atom is -0.508 e. The molecule has 9 heteroatoms. The molecule has 0 atom stereocenters. The molecule has 0 heterocycles. The molecule has 0 aromatic heterocycles. The summed E-state index contributed by atoms with van der Waals surface area (Å²) < 4.78 is 27.7. The first-order valence-electron chi connectivity index (χ1n) is 9.35. The highest BCUT2D eigenvalue weighted by molar-refractivity contribution is 7.89. The normalized spacial score (nSPS) is 11.0. The van der Waals surface area contributed by atoms with Crippen LogP contribution in [0.1, 0.15) is 15.9 Å². The SMILES string of the molecule is O=C(CNS(=O)(=O)c1ccccc1C(=O)NCc1ccccc1)Nc1ccc(O)cc1. The van der Waals surface area contributed by atoms with Crippen LogP contribution in [-0.4, -0.2) is 31.9 Å². The third kappa shape index (κ3) is 6.14. The Balaban J connectivity index is 1.66. The largest absolute Gasteiger partial charge is 0.508 e. The van der Waals surface area contributed by atoms with Crippen LogP contribution >= 0.6 is 0 Å². The molecule has 3 rings (SSSR count). The van der Waals surface area contributed by atoms with Crippen LogP contribution in [0.4, 0.5) is 5.69 Å². The molecule has 0 saturated carbocycles. The molecule has 160 valence electrons. The monoisotopic (exact) mass is 439 g/mol. The summed E-state index contributed by atoms with van der Waals surface area (Å²) in [6.45, 7) is -0.278. The number of benzene rings is 3. The van der Waals surface area contributed by atoms with Crippen molar-refractivity contribution in [3.05, 3.63) is 90.0 Å². The molecular formula is C22H21N3O5S. The van der Waals surface area contributed by atoms with Crippen LogP contribution in [0.5, 0.6) is 5.75 Å². The maximum Gasteiger partial charge on any atom is 0.252 e. The predicted octanol–water partition coefficient (Wildman–Crippen LogP) is 2.24. The van der Waals surface area contributed by atoms with Gasteiger partial charge in [-0.2, -0.15) is 0 Å². The van der Waals surface area contributed by atoms with Crippen molar-refractivity contribution in [2.24, 2.45) is 0 Å². The third-order valence-electron chi connectivity index (χ3n) is 4.29. The number of rotatable bonds is 8. The van der Waals surface area contributed by atoms with Crippen molar-refractivity contribution in [2.45, 2.75) is 11.4 Å². The second kappa shape index (κ2) is 9.88. The van der Waals surface area contributed by atoms with Crippen molar-refractivity contribution in [2.75, 3.05) is 11.9 Å². The molecule has 4 N–H and O–H groups in total. The maximum absolute atomic E-state index is 12.7. The lowest BCUT2D eigenvalue weighted by Gasteiger charge is -2.12. The van der Waals surface area contributed by atoms with E-state index in [1.807, 2.05) is 30.3 Å². The van der Waals surface area contributed by atoms with Crippen LogP contribution < -0.4 is 15.4 Å². The quantitative estimate of drug-likeness (QED) is 0.401. The topological polar surface area (TPSA) is 125 Å². The summed E-state index contributed by atoms with van der Waals surface area (Å²) in [5.41, 5.74) is 1.26. The summed E-state index contributed by atoms with van der Waals surface area (Å²) in [5.74, 6) is -1.10. The summed E-state index contributed by atoms with van der Waals surface area (Å²) in [7, 11) is -4.12. The van der Waals surface area contributed by atoms with Gasteiger partial charge >= 0.3 is 0 Å². The Labute approximate surface area is 180 Å². The second-order valence-electron chi connectivity index (χ2n) is 6.58. The van der Waals surface area contributed by atoms with Crippen LogP contribution in [0.2, 0.25) is 0 Å². The first kappa shape index (κ1) is 22.0. The zero-order valence-electron chi connectivity index (χ0n) is 16.4. The van der Waals surface area contributed by atoms with Crippen molar-refractivity contribution in [3.63, 3.8) is 0 Å². The fourth-order valence-corrected chi connectivity index (χ4v) is 3.93. The van der Waals surface area contributed by atoms with Gasteiger partial charge in [-0.05, 0) is 42.0 Å². The number of amides is 2. The molecule has 0 saturated heterocycles. The number of anilines is 1. The summed E-state index contributed by atoms with van der Waals surface area (Å²) in [5, 5.41) is 14.5. The van der Waals surface area contributed by atoms with Crippen molar-refractivity contribution in [1.82, 2.24) is 10.0 Å². The minimum absolute atomic E-state index is 0.0233. The Morgan fingerprint density at radius 2 is 1.48 bits per heavy atom. The summed E-state index contributed by atoms with van der Waals surface area (Å²) in [6, 6.07) is 20.7. The molecule has 3 aromatic rings. The fraction of sp³-hybridized carbons (Fsp3) is 0.0909. The van der Waals surface area contributed by atoms with Gasteiger partial charge in [0.05, 0.1) is 17.0 Å². The molecule has 8 nitrogen and oxygen atoms in total. The zero-order chi connectivity index (χ0) is 22.3. The second-order valence-corrected chi connectivity index (χ2v) is 8.32. The van der Waals surface area contributed by atoms with Gasteiger partial charge in [-0.1, -0.05) is 42.5 Å². The van der Waals surface area contributed by atoms with Gasteiger partial charge < -0.3 is 15.7 Å². The van der Waals surface area contributed by atoms with Crippen LogP contribution in [0.15, 0.2) is 83.8 Å². The lowest BCUT2D eigenvalue weighted by atomic mass is 10.2. The molecule has 0 aliphatic rings. The van der Waals surface area contributed by atoms with Gasteiger partial charge in [0, 0.05) is 12.2 Å². The number of aromatic hydroxyl groups is 1. The Kier molecular flexibility index (Phi) is 7.01. The first-order valence-corrected chi connectivity index (χ1v) is 10.8. The van der Waals surface area contributed by atoms with Gasteiger partial charge in [-0.3, -0.25) is 9.59 Å². The molecule has 0 fully saturated rings. The van der Waals surface area contributed by atoms with Crippen molar-refractivity contribution in [3.8, 4) is 5.75 Å². The number of hydrogen-bond donors (Lipinski definition) is 4. The molecule has 0 radical (unpaired) electrons. The lowest BCUT2D eigenvalue weighted by Crippen LogP contribution is -2.34. The highest BCUT2D eigenvalue weighted by Crippen LogP contribution is 2.16. The van der Waals surface area contributed by atoms with E-state index in [1.54, 1.807) is 6.07 Å². The number of carbonyl (C=O) groups is 2. The highest BCUT2D eigenvalue weighted by Gasteiger charge is 2.22. The molecule has 0 aliphatic heterocycles. The van der Waals surface area contributed by atoms with E-state index < -0.39 is 28.4 Å². The zero-order valence-corrected chi connectivity index (χ0v) is 17.2. The Bertz CT molecular complexity index is 1160. The van der Waals surface area contributed by atoms with Crippen molar-refractivity contribution >= 4 is 27.5 Å². The van der Waals surface area contributed by atoms with E-state index in [4.69, 9.17) is 0 Å². The minimum atomic E-state index is -4.12. The van der Waals surface area contributed by atoms with E-state index in [1.165, 1.54) is 42.5 Å². The van der Waals surface area contributed by atoms with E-state index >= 15 is 0 Å². The number of nitrogens with one attached hydrogen (secondary N) is 3. The van der Waals surface area contributed by atoms with Crippen LogP contribution in [0.3, 0.4) is 0 Å². The molecule has 2 amide bonds. The van der Waals surface area contributed by atoms with Gasteiger partial charge in [0.2, 0.25) is 15.9 Å². The van der Waals surface area contributed by atoms with Crippen molar-refractivity contribution < 1.29 is 23.1 Å². The number of hydrogen-bond acceptors (Lipinski definition) is 5. The number of sulfonamides is 1. The van der Waals surface area contributed by atoms with Gasteiger partial charge in [-0.25, -0.2) is 13.1 Å². The molecule has 3 aromatic carbocycles. The molecule has 0 aliphatic carbocycles. The Hall–Kier alpha value is -3.69. The van der Waals surface area contributed by atoms with E-state index in [9.17, 15) is 23.1 Å². The van der Waals surface area contributed by atoms with E-state index in [0.29, 0.717) is 5.69 Å². The average molecular weight is 439 g/mol. The average Bonchev–Trinajstić information content (AvgIpc) is 2.78. The standard InChI is InChI=1S/C22H21N3O5S/c26-18-12-10-17(11-13-18)25-21(27)15-24-31(29,30)20-9-5-4-8-19(20)22(28)23-14-16-6-2-1-3-7-16/h1-13,24,26H,14-15H2,(H,23,28)(H,25,27). The molecule has 0 spiro atoms. The smallest absolute Gasteiger partial charge is 0.252 e. The predicted molar refractivity (Wildman–Crippen MR) is 116 cm³/mol. The van der Waals surface area contributed by atoms with Gasteiger partial charge in [-0.15, -0.1) is 0 Å². The van der Waals surface area contributed by atoms with Crippen molar-refractivity contribution in [1.29, 1.82) is 0 Å². The Morgan fingerprint density at radius 3 is 2.19 bits per heavy atom. The van der Waals surface area contributed by atoms with Gasteiger partial charge in [0.15, 0.2) is 0 Å². The fourth-order valence-electron chi connectivity index (χ4n) is 2.75. The first-order chi connectivity index (χ1) is 14.8. The molecule has 0 unspecified atom stereocenters. The molecule has 0 bridgehead atoms. The summed E-state index contributed by atoms with van der Waals surface area (Å²) in [4.78, 5) is 24.4. The van der Waals surface area contributed by atoms with E-state index in [-0.39, 0.29) is 22.8 Å².